The van der Waals surface area contributed by atoms with E-state index in [1.807, 2.05) is 0 Å². The Morgan fingerprint density at radius 1 is 1.61 bits per heavy atom. The van der Waals surface area contributed by atoms with E-state index in [0.29, 0.717) is 0 Å². The Balaban J connectivity index is 2.52. The first-order valence-corrected chi connectivity index (χ1v) is 5.36. The number of primary amides is 1. The number of nitrogens with zero attached hydrogens (tertiary/aromatic N) is 2. The summed E-state index contributed by atoms with van der Waals surface area (Å²) in [6.45, 7) is -0.135. The topological polar surface area (TPSA) is 128 Å². The maximum Gasteiger partial charge on any atom is 0.284 e. The number of carbonyl (C=O) groups is 1. The Labute approximate surface area is 106 Å². The van der Waals surface area contributed by atoms with Crippen molar-refractivity contribution in [3.63, 3.8) is 0 Å². The first-order chi connectivity index (χ1) is 8.41. The normalized spacial score (nSPS) is 27.4. The molecule has 8 nitrogen and oxygen atoms in total. The molecule has 1 aliphatic rings. The number of aromatic nitrogens is 2. The fourth-order valence-electron chi connectivity index (χ4n) is 1.66. The van der Waals surface area contributed by atoms with Crippen LogP contribution in [0.25, 0.3) is 0 Å². The molecule has 0 aliphatic carbocycles. The minimum absolute atomic E-state index is 0.135. The van der Waals surface area contributed by atoms with Crippen molar-refractivity contribution in [2.45, 2.75) is 18.4 Å². The maximum absolute atomic E-state index is 11.9. The zero-order valence-electron chi connectivity index (χ0n) is 8.99. The van der Waals surface area contributed by atoms with E-state index in [9.17, 15) is 19.8 Å². The zero-order valence-corrected chi connectivity index (χ0v) is 9.74. The summed E-state index contributed by atoms with van der Waals surface area (Å²) in [6, 6.07) is 0. The molecule has 4 N–H and O–H groups in total. The first kappa shape index (κ1) is 13.0. The van der Waals surface area contributed by atoms with Gasteiger partial charge in [0.2, 0.25) is 0 Å². The van der Waals surface area contributed by atoms with Crippen LogP contribution in [0.3, 0.4) is 0 Å². The molecule has 2 rings (SSSR count). The van der Waals surface area contributed by atoms with Crippen molar-refractivity contribution in [1.82, 2.24) is 9.55 Å². The Morgan fingerprint density at radius 3 is 2.78 bits per heavy atom. The lowest BCUT2D eigenvalue weighted by atomic mass is 10.2. The molecule has 1 aromatic rings. The van der Waals surface area contributed by atoms with Crippen LogP contribution in [-0.4, -0.2) is 44.5 Å². The lowest BCUT2D eigenvalue weighted by Gasteiger charge is -2.18. The van der Waals surface area contributed by atoms with Gasteiger partial charge in [0.05, 0.1) is 6.61 Å². The van der Waals surface area contributed by atoms with Gasteiger partial charge < -0.3 is 20.7 Å². The molecule has 1 aliphatic heterocycles. The van der Waals surface area contributed by atoms with Crippen molar-refractivity contribution < 1.29 is 19.7 Å². The number of aliphatic hydroxyl groups is 2. The van der Waals surface area contributed by atoms with Crippen LogP contribution >= 0.6 is 11.6 Å². The average molecular weight is 276 g/mol. The first-order valence-electron chi connectivity index (χ1n) is 4.98. The Bertz CT molecular complexity index is 545. The van der Waals surface area contributed by atoms with Crippen LogP contribution in [0.4, 0.5) is 0 Å². The van der Waals surface area contributed by atoms with Crippen molar-refractivity contribution in [2.24, 2.45) is 5.73 Å². The molecule has 3 atom stereocenters. The molecule has 9 heteroatoms. The summed E-state index contributed by atoms with van der Waals surface area (Å²) < 4.78 is 5.94. The average Bonchev–Trinajstić information content (AvgIpc) is 2.62. The van der Waals surface area contributed by atoms with E-state index in [-0.39, 0.29) is 11.8 Å². The Morgan fingerprint density at radius 2 is 2.28 bits per heavy atom. The van der Waals surface area contributed by atoms with Crippen LogP contribution in [0.1, 0.15) is 16.7 Å². The van der Waals surface area contributed by atoms with Gasteiger partial charge in [-0.15, -0.1) is 0 Å². The molecule has 1 amide bonds. The number of halogens is 1. The van der Waals surface area contributed by atoms with Gasteiger partial charge in [0.1, 0.15) is 17.4 Å². The van der Waals surface area contributed by atoms with E-state index in [2.05, 4.69) is 4.98 Å². The van der Waals surface area contributed by atoms with Gasteiger partial charge >= 0.3 is 0 Å². The predicted molar refractivity (Wildman–Crippen MR) is 59.0 cm³/mol. The highest BCUT2D eigenvalue weighted by Gasteiger charge is 2.37. The number of carbonyl (C=O) groups excluding carboxylic acids is 1. The van der Waals surface area contributed by atoms with E-state index in [1.165, 1.54) is 0 Å². The van der Waals surface area contributed by atoms with Gasteiger partial charge in [0, 0.05) is 6.20 Å². The standard InChI is InChI=1S/C9H10ClN3O5/c10-4-1-13(8(17)5(12-4)7(11)16)9-6(15)3(14)2-18-9/h1,3,6,9,14-15H,2H2,(H2,11,16)/t3-,6+,9+/m0/s1. The molecule has 1 aromatic heterocycles. The largest absolute Gasteiger partial charge is 0.388 e. The monoisotopic (exact) mass is 275 g/mol. The Hall–Kier alpha value is -1.48. The lowest BCUT2D eigenvalue weighted by Crippen LogP contribution is -2.37. The van der Waals surface area contributed by atoms with Crippen LogP contribution in [-0.2, 0) is 4.74 Å². The number of hydrogen-bond acceptors (Lipinski definition) is 6. The second kappa shape index (κ2) is 4.65. The minimum Gasteiger partial charge on any atom is -0.388 e. The third kappa shape index (κ3) is 2.10. The minimum atomic E-state index is -1.30. The number of ether oxygens (including phenoxy) is 1. The third-order valence-corrected chi connectivity index (χ3v) is 2.72. The van der Waals surface area contributed by atoms with Crippen LogP contribution < -0.4 is 11.3 Å². The molecular formula is C9H10ClN3O5. The van der Waals surface area contributed by atoms with Crippen LogP contribution in [0.2, 0.25) is 5.15 Å². The molecule has 18 heavy (non-hydrogen) atoms. The van der Waals surface area contributed by atoms with Crippen molar-refractivity contribution in [1.29, 1.82) is 0 Å². The van der Waals surface area contributed by atoms with E-state index in [0.717, 1.165) is 10.8 Å². The highest BCUT2D eigenvalue weighted by molar-refractivity contribution is 6.29. The van der Waals surface area contributed by atoms with Gasteiger partial charge in [0.25, 0.3) is 11.5 Å². The van der Waals surface area contributed by atoms with Gasteiger partial charge in [-0.2, -0.15) is 0 Å². The fourth-order valence-corrected chi connectivity index (χ4v) is 1.85. The van der Waals surface area contributed by atoms with E-state index >= 15 is 0 Å². The maximum atomic E-state index is 11.9. The van der Waals surface area contributed by atoms with Crippen LogP contribution in [0.15, 0.2) is 11.0 Å². The van der Waals surface area contributed by atoms with Crippen molar-refractivity contribution in [3.8, 4) is 0 Å². The van der Waals surface area contributed by atoms with Gasteiger partial charge in [-0.25, -0.2) is 4.98 Å². The van der Waals surface area contributed by atoms with E-state index in [1.54, 1.807) is 0 Å². The fraction of sp³-hybridized carbons (Fsp3) is 0.444. The number of rotatable bonds is 2. The zero-order chi connectivity index (χ0) is 13.4. The molecular weight excluding hydrogens is 266 g/mol. The Kier molecular flexibility index (Phi) is 3.35. The van der Waals surface area contributed by atoms with Gasteiger partial charge in [-0.3, -0.25) is 14.2 Å². The molecule has 0 aromatic carbocycles. The summed E-state index contributed by atoms with van der Waals surface area (Å²) in [4.78, 5) is 26.4. The number of aliphatic hydroxyl groups excluding tert-OH is 2. The number of hydrogen-bond donors (Lipinski definition) is 3. The van der Waals surface area contributed by atoms with Gasteiger partial charge in [-0.05, 0) is 0 Å². The molecule has 0 bridgehead atoms. The van der Waals surface area contributed by atoms with Gasteiger partial charge in [0.15, 0.2) is 11.9 Å². The summed E-state index contributed by atoms with van der Waals surface area (Å²) >= 11 is 5.65. The molecule has 0 radical (unpaired) electrons. The number of amides is 1. The third-order valence-electron chi connectivity index (χ3n) is 2.53. The molecule has 0 spiro atoms. The quantitative estimate of drug-likeness (QED) is 0.587. The summed E-state index contributed by atoms with van der Waals surface area (Å²) in [5.74, 6) is -1.04. The smallest absolute Gasteiger partial charge is 0.284 e. The molecule has 1 fully saturated rings. The van der Waals surface area contributed by atoms with Crippen LogP contribution in [0.5, 0.6) is 0 Å². The summed E-state index contributed by atoms with van der Waals surface area (Å²) in [6.07, 6.45) is -2.46. The van der Waals surface area contributed by atoms with E-state index in [4.69, 9.17) is 22.1 Å². The van der Waals surface area contributed by atoms with Crippen molar-refractivity contribution in [3.05, 3.63) is 27.4 Å². The van der Waals surface area contributed by atoms with Gasteiger partial charge in [-0.1, -0.05) is 11.6 Å². The SMILES string of the molecule is NC(=O)c1nc(Cl)cn([C@@H]2OC[C@H](O)[C@H]2O)c1=O. The van der Waals surface area contributed by atoms with Crippen molar-refractivity contribution >= 4 is 17.5 Å². The summed E-state index contributed by atoms with van der Waals surface area (Å²) in [7, 11) is 0. The van der Waals surface area contributed by atoms with Crippen LogP contribution in [0, 0.1) is 0 Å². The summed E-state index contributed by atoms with van der Waals surface area (Å²) in [5.41, 5.74) is 3.59. The summed E-state index contributed by atoms with van der Waals surface area (Å²) in [5, 5.41) is 18.8. The second-order valence-corrected chi connectivity index (χ2v) is 4.16. The highest BCUT2D eigenvalue weighted by Crippen LogP contribution is 2.23. The number of nitrogens with two attached hydrogens (primary N) is 1. The predicted octanol–water partition coefficient (Wildman–Crippen LogP) is -1.75. The lowest BCUT2D eigenvalue weighted by molar-refractivity contribution is -0.0206. The molecule has 98 valence electrons. The molecule has 0 saturated carbocycles. The molecule has 0 unspecified atom stereocenters. The molecule has 2 heterocycles. The van der Waals surface area contributed by atoms with E-state index < -0.39 is 35.6 Å². The molecule has 1 saturated heterocycles. The van der Waals surface area contributed by atoms with Crippen molar-refractivity contribution in [2.75, 3.05) is 6.61 Å². The second-order valence-electron chi connectivity index (χ2n) is 3.77. The highest BCUT2D eigenvalue weighted by atomic mass is 35.5.